The van der Waals surface area contributed by atoms with Crippen LogP contribution in [0.15, 0.2) is 12.4 Å². The highest BCUT2D eigenvalue weighted by Crippen LogP contribution is 2.20. The van der Waals surface area contributed by atoms with E-state index in [1.54, 1.807) is 0 Å². The molecule has 88 valence electrons. The van der Waals surface area contributed by atoms with Crippen LogP contribution in [0.5, 0.6) is 0 Å². The Morgan fingerprint density at radius 1 is 1.35 bits per heavy atom. The summed E-state index contributed by atoms with van der Waals surface area (Å²) >= 11 is 0. The molecule has 7 heteroatoms. The number of carboxylic acids is 1. The second-order valence-electron chi connectivity index (χ2n) is 3.61. The van der Waals surface area contributed by atoms with Gasteiger partial charge in [0.25, 0.3) is 0 Å². The smallest absolute Gasteiger partial charge is 0.307 e. The third-order valence-corrected chi connectivity index (χ3v) is 2.31. The molecule has 0 atom stereocenters. The standard InChI is InChI=1S/C10H10N4O3/c11-8(15)2-6-10-5(1-9(16)17)3-12-4-7(10)14-13-6/h3-4H,1-2H2,(H2,11,15)(H,13,14)(H,16,17). The molecule has 4 N–H and O–H groups in total. The van der Waals surface area contributed by atoms with E-state index in [-0.39, 0.29) is 12.8 Å². The van der Waals surface area contributed by atoms with Crippen LogP contribution in [-0.4, -0.2) is 32.2 Å². The molecule has 0 spiro atoms. The Morgan fingerprint density at radius 3 is 2.76 bits per heavy atom. The number of rotatable bonds is 4. The number of nitrogens with one attached hydrogen (secondary N) is 1. The van der Waals surface area contributed by atoms with Crippen molar-refractivity contribution >= 4 is 22.8 Å². The summed E-state index contributed by atoms with van der Waals surface area (Å²) in [7, 11) is 0. The summed E-state index contributed by atoms with van der Waals surface area (Å²) in [4.78, 5) is 25.5. The van der Waals surface area contributed by atoms with Crippen molar-refractivity contribution < 1.29 is 14.7 Å². The number of fused-ring (bicyclic) bond motifs is 1. The van der Waals surface area contributed by atoms with Crippen molar-refractivity contribution in [2.45, 2.75) is 12.8 Å². The summed E-state index contributed by atoms with van der Waals surface area (Å²) in [5.41, 5.74) is 6.67. The zero-order chi connectivity index (χ0) is 12.4. The topological polar surface area (TPSA) is 122 Å². The second kappa shape index (κ2) is 4.20. The van der Waals surface area contributed by atoms with Crippen LogP contribution in [0, 0.1) is 0 Å². The van der Waals surface area contributed by atoms with Gasteiger partial charge < -0.3 is 10.8 Å². The Balaban J connectivity index is 2.54. The molecule has 2 heterocycles. The van der Waals surface area contributed by atoms with Crippen LogP contribution >= 0.6 is 0 Å². The number of hydrogen-bond acceptors (Lipinski definition) is 4. The van der Waals surface area contributed by atoms with Crippen LogP contribution < -0.4 is 5.73 Å². The first-order valence-electron chi connectivity index (χ1n) is 4.88. The third kappa shape index (κ3) is 2.22. The van der Waals surface area contributed by atoms with Crippen molar-refractivity contribution in [3.63, 3.8) is 0 Å². The molecule has 17 heavy (non-hydrogen) atoms. The molecule has 2 aromatic rings. The van der Waals surface area contributed by atoms with Gasteiger partial charge in [-0.25, -0.2) is 0 Å². The summed E-state index contributed by atoms with van der Waals surface area (Å²) < 4.78 is 0. The van der Waals surface area contributed by atoms with E-state index >= 15 is 0 Å². The molecule has 2 aromatic heterocycles. The van der Waals surface area contributed by atoms with E-state index < -0.39 is 11.9 Å². The molecular formula is C10H10N4O3. The van der Waals surface area contributed by atoms with Crippen molar-refractivity contribution in [1.82, 2.24) is 15.2 Å². The fourth-order valence-electron chi connectivity index (χ4n) is 1.71. The first kappa shape index (κ1) is 11.1. The Kier molecular flexibility index (Phi) is 2.73. The van der Waals surface area contributed by atoms with Crippen LogP contribution in [0.4, 0.5) is 0 Å². The lowest BCUT2D eigenvalue weighted by atomic mass is 10.1. The number of carbonyl (C=O) groups excluding carboxylic acids is 1. The molecule has 0 saturated heterocycles. The summed E-state index contributed by atoms with van der Waals surface area (Å²) in [5, 5.41) is 16.0. The van der Waals surface area contributed by atoms with Gasteiger partial charge in [-0.2, -0.15) is 5.10 Å². The lowest BCUT2D eigenvalue weighted by Gasteiger charge is -2.00. The number of carbonyl (C=O) groups is 2. The van der Waals surface area contributed by atoms with Crippen molar-refractivity contribution in [3.05, 3.63) is 23.7 Å². The number of nitrogens with zero attached hydrogens (tertiary/aromatic N) is 2. The number of amides is 1. The average Bonchev–Trinajstić information content (AvgIpc) is 2.61. The quantitative estimate of drug-likeness (QED) is 0.665. The van der Waals surface area contributed by atoms with Crippen LogP contribution in [0.25, 0.3) is 10.9 Å². The number of aromatic nitrogens is 3. The molecule has 2 rings (SSSR count). The third-order valence-electron chi connectivity index (χ3n) is 2.31. The minimum Gasteiger partial charge on any atom is -0.481 e. The van der Waals surface area contributed by atoms with Crippen LogP contribution in [0.3, 0.4) is 0 Å². The maximum atomic E-state index is 10.9. The SMILES string of the molecule is NC(=O)Cc1[nH]nc2cncc(CC(=O)O)c12. The number of aromatic amines is 1. The minimum absolute atomic E-state index is 0.00681. The molecule has 0 aliphatic heterocycles. The van der Waals surface area contributed by atoms with Gasteiger partial charge in [-0.05, 0) is 5.56 Å². The van der Waals surface area contributed by atoms with Crippen molar-refractivity contribution in [3.8, 4) is 0 Å². The molecule has 0 aromatic carbocycles. The molecule has 0 aliphatic carbocycles. The molecule has 0 saturated carbocycles. The molecule has 0 fully saturated rings. The first-order valence-corrected chi connectivity index (χ1v) is 4.88. The summed E-state index contributed by atoms with van der Waals surface area (Å²) in [6, 6.07) is 0. The van der Waals surface area contributed by atoms with E-state index in [1.807, 2.05) is 0 Å². The van der Waals surface area contributed by atoms with E-state index in [0.29, 0.717) is 22.2 Å². The molecule has 0 aliphatic rings. The van der Waals surface area contributed by atoms with Crippen molar-refractivity contribution in [2.24, 2.45) is 5.73 Å². The highest BCUT2D eigenvalue weighted by Gasteiger charge is 2.14. The predicted octanol–water partition coefficient (Wildman–Crippen LogP) is -0.387. The Labute approximate surface area is 95.6 Å². The van der Waals surface area contributed by atoms with Gasteiger partial charge in [-0.1, -0.05) is 0 Å². The largest absolute Gasteiger partial charge is 0.481 e. The van der Waals surface area contributed by atoms with E-state index in [4.69, 9.17) is 10.8 Å². The van der Waals surface area contributed by atoms with Crippen molar-refractivity contribution in [2.75, 3.05) is 0 Å². The number of primary amides is 1. The van der Waals surface area contributed by atoms with Gasteiger partial charge >= 0.3 is 5.97 Å². The lowest BCUT2D eigenvalue weighted by Crippen LogP contribution is -2.14. The maximum absolute atomic E-state index is 10.9. The first-order chi connectivity index (χ1) is 8.08. The second-order valence-corrected chi connectivity index (χ2v) is 3.61. The van der Waals surface area contributed by atoms with Gasteiger partial charge in [0, 0.05) is 11.6 Å². The number of aliphatic carboxylic acids is 1. The fourth-order valence-corrected chi connectivity index (χ4v) is 1.71. The summed E-state index contributed by atoms with van der Waals surface area (Å²) in [6.45, 7) is 0. The number of hydrogen-bond donors (Lipinski definition) is 3. The number of pyridine rings is 1. The van der Waals surface area contributed by atoms with Crippen LogP contribution in [0.1, 0.15) is 11.3 Å². The number of carboxylic acid groups (broad SMARTS) is 1. The molecule has 0 radical (unpaired) electrons. The van der Waals surface area contributed by atoms with Gasteiger partial charge in [-0.3, -0.25) is 19.7 Å². The highest BCUT2D eigenvalue weighted by atomic mass is 16.4. The van der Waals surface area contributed by atoms with E-state index in [0.717, 1.165) is 0 Å². The number of H-pyrrole nitrogens is 1. The molecule has 0 bridgehead atoms. The van der Waals surface area contributed by atoms with Gasteiger partial charge in [0.2, 0.25) is 5.91 Å². The lowest BCUT2D eigenvalue weighted by molar-refractivity contribution is -0.136. The normalized spacial score (nSPS) is 10.6. The predicted molar refractivity (Wildman–Crippen MR) is 58.1 cm³/mol. The van der Waals surface area contributed by atoms with Crippen LogP contribution in [-0.2, 0) is 22.4 Å². The number of nitrogens with two attached hydrogens (primary N) is 1. The van der Waals surface area contributed by atoms with E-state index in [9.17, 15) is 9.59 Å². The van der Waals surface area contributed by atoms with Crippen LogP contribution in [0.2, 0.25) is 0 Å². The zero-order valence-electron chi connectivity index (χ0n) is 8.80. The fraction of sp³-hybridized carbons (Fsp3) is 0.200. The zero-order valence-corrected chi connectivity index (χ0v) is 8.80. The van der Waals surface area contributed by atoms with E-state index in [2.05, 4.69) is 15.2 Å². The summed E-state index contributed by atoms with van der Waals surface area (Å²) in [6.07, 6.45) is 2.78. The van der Waals surface area contributed by atoms with Gasteiger partial charge in [-0.15, -0.1) is 0 Å². The minimum atomic E-state index is -0.967. The molecule has 1 amide bonds. The van der Waals surface area contributed by atoms with Gasteiger partial charge in [0.1, 0.15) is 5.52 Å². The van der Waals surface area contributed by atoms with Crippen molar-refractivity contribution in [1.29, 1.82) is 0 Å². The maximum Gasteiger partial charge on any atom is 0.307 e. The Morgan fingerprint density at radius 2 is 2.12 bits per heavy atom. The molecular weight excluding hydrogens is 224 g/mol. The Hall–Kier alpha value is -2.44. The molecule has 0 unspecified atom stereocenters. The summed E-state index contributed by atoms with van der Waals surface area (Å²) in [5.74, 6) is -1.47. The Bertz CT molecular complexity index is 590. The average molecular weight is 234 g/mol. The van der Waals surface area contributed by atoms with Gasteiger partial charge in [0.05, 0.1) is 24.7 Å². The van der Waals surface area contributed by atoms with E-state index in [1.165, 1.54) is 12.4 Å². The van der Waals surface area contributed by atoms with Gasteiger partial charge in [0.15, 0.2) is 0 Å². The molecule has 7 nitrogen and oxygen atoms in total. The monoisotopic (exact) mass is 234 g/mol. The highest BCUT2D eigenvalue weighted by molar-refractivity contribution is 5.90.